The summed E-state index contributed by atoms with van der Waals surface area (Å²) in [5.74, 6) is 1.64. The zero-order valence-corrected chi connectivity index (χ0v) is 9.53. The number of rotatable bonds is 2. The SMILES string of the molecule is ClCC1CCCCCN1c1cnccn1. The van der Waals surface area contributed by atoms with Crippen molar-refractivity contribution in [2.45, 2.75) is 31.7 Å². The van der Waals surface area contributed by atoms with Crippen LogP contribution in [0.4, 0.5) is 5.82 Å². The minimum atomic E-state index is 0.422. The summed E-state index contributed by atoms with van der Waals surface area (Å²) in [5, 5.41) is 0. The van der Waals surface area contributed by atoms with Crippen molar-refractivity contribution in [3.8, 4) is 0 Å². The fourth-order valence-corrected chi connectivity index (χ4v) is 2.40. The van der Waals surface area contributed by atoms with Crippen LogP contribution in [0.2, 0.25) is 0 Å². The number of hydrogen-bond acceptors (Lipinski definition) is 3. The van der Waals surface area contributed by atoms with Crippen molar-refractivity contribution in [1.29, 1.82) is 0 Å². The van der Waals surface area contributed by atoms with Gasteiger partial charge in [-0.3, -0.25) is 4.98 Å². The molecule has 0 aromatic carbocycles. The summed E-state index contributed by atoms with van der Waals surface area (Å²) in [6.07, 6.45) is 10.2. The molecule has 1 aliphatic heterocycles. The van der Waals surface area contributed by atoms with E-state index in [4.69, 9.17) is 11.6 Å². The molecule has 0 spiro atoms. The topological polar surface area (TPSA) is 29.0 Å². The first-order valence-electron chi connectivity index (χ1n) is 5.50. The van der Waals surface area contributed by atoms with Gasteiger partial charge < -0.3 is 4.90 Å². The van der Waals surface area contributed by atoms with Gasteiger partial charge in [0, 0.05) is 30.9 Å². The summed E-state index contributed by atoms with van der Waals surface area (Å²) in [5.41, 5.74) is 0. The van der Waals surface area contributed by atoms with E-state index >= 15 is 0 Å². The van der Waals surface area contributed by atoms with Crippen LogP contribution in [0.5, 0.6) is 0 Å². The van der Waals surface area contributed by atoms with Crippen molar-refractivity contribution in [3.05, 3.63) is 18.6 Å². The summed E-state index contributed by atoms with van der Waals surface area (Å²) in [7, 11) is 0. The Labute approximate surface area is 95.5 Å². The van der Waals surface area contributed by atoms with Crippen molar-refractivity contribution in [1.82, 2.24) is 9.97 Å². The van der Waals surface area contributed by atoms with Crippen LogP contribution < -0.4 is 4.90 Å². The number of nitrogens with zero attached hydrogens (tertiary/aromatic N) is 3. The molecule has 1 atom stereocenters. The van der Waals surface area contributed by atoms with E-state index in [0.717, 1.165) is 12.4 Å². The molecule has 3 nitrogen and oxygen atoms in total. The number of halogens is 1. The summed E-state index contributed by atoms with van der Waals surface area (Å²) in [6, 6.07) is 0.422. The van der Waals surface area contributed by atoms with Gasteiger partial charge in [-0.15, -0.1) is 11.6 Å². The van der Waals surface area contributed by atoms with Crippen LogP contribution in [-0.2, 0) is 0 Å². The third kappa shape index (κ3) is 2.59. The first-order chi connectivity index (χ1) is 7.42. The van der Waals surface area contributed by atoms with Gasteiger partial charge in [-0.05, 0) is 12.8 Å². The van der Waals surface area contributed by atoms with Gasteiger partial charge in [0.2, 0.25) is 0 Å². The molecule has 1 aromatic heterocycles. The van der Waals surface area contributed by atoms with E-state index < -0.39 is 0 Å². The first kappa shape index (κ1) is 10.7. The summed E-state index contributed by atoms with van der Waals surface area (Å²) >= 11 is 6.01. The highest BCUT2D eigenvalue weighted by Gasteiger charge is 2.21. The third-order valence-corrected chi connectivity index (χ3v) is 3.26. The molecule has 0 aliphatic carbocycles. The number of hydrogen-bond donors (Lipinski definition) is 0. The highest BCUT2D eigenvalue weighted by Crippen LogP contribution is 2.22. The van der Waals surface area contributed by atoms with Crippen LogP contribution in [0.1, 0.15) is 25.7 Å². The molecule has 4 heteroatoms. The molecule has 1 aliphatic rings. The summed E-state index contributed by atoms with van der Waals surface area (Å²) < 4.78 is 0. The van der Waals surface area contributed by atoms with Crippen LogP contribution in [0, 0.1) is 0 Å². The molecule has 1 fully saturated rings. The van der Waals surface area contributed by atoms with E-state index in [2.05, 4.69) is 14.9 Å². The molecule has 15 heavy (non-hydrogen) atoms. The average molecular weight is 226 g/mol. The Morgan fingerprint density at radius 2 is 2.27 bits per heavy atom. The Morgan fingerprint density at radius 3 is 3.00 bits per heavy atom. The second-order valence-corrected chi connectivity index (χ2v) is 4.22. The molecule has 82 valence electrons. The lowest BCUT2D eigenvalue weighted by atomic mass is 10.1. The Balaban J connectivity index is 2.16. The van der Waals surface area contributed by atoms with E-state index in [1.165, 1.54) is 25.7 Å². The van der Waals surface area contributed by atoms with Crippen LogP contribution in [0.25, 0.3) is 0 Å². The van der Waals surface area contributed by atoms with Gasteiger partial charge in [0.15, 0.2) is 0 Å². The van der Waals surface area contributed by atoms with Gasteiger partial charge in [0.1, 0.15) is 5.82 Å². The Hall–Kier alpha value is -0.830. The second-order valence-electron chi connectivity index (χ2n) is 3.91. The fraction of sp³-hybridized carbons (Fsp3) is 0.636. The molecule has 1 aromatic rings. The lowest BCUT2D eigenvalue weighted by Gasteiger charge is -2.29. The lowest BCUT2D eigenvalue weighted by molar-refractivity contribution is 0.615. The molecule has 0 saturated carbocycles. The van der Waals surface area contributed by atoms with Gasteiger partial charge in [-0.25, -0.2) is 4.98 Å². The number of alkyl halides is 1. The maximum Gasteiger partial charge on any atom is 0.147 e. The van der Waals surface area contributed by atoms with Gasteiger partial charge in [0.25, 0.3) is 0 Å². The normalized spacial score (nSPS) is 22.5. The quantitative estimate of drug-likeness (QED) is 0.725. The molecule has 0 radical (unpaired) electrons. The van der Waals surface area contributed by atoms with Crippen molar-refractivity contribution >= 4 is 17.4 Å². The average Bonchev–Trinajstić information content (AvgIpc) is 2.55. The molecule has 1 saturated heterocycles. The Bertz CT molecular complexity index is 291. The molecule has 0 N–H and O–H groups in total. The smallest absolute Gasteiger partial charge is 0.147 e. The van der Waals surface area contributed by atoms with E-state index in [1.54, 1.807) is 12.4 Å². The van der Waals surface area contributed by atoms with Crippen LogP contribution >= 0.6 is 11.6 Å². The maximum absolute atomic E-state index is 6.01. The zero-order chi connectivity index (χ0) is 10.5. The van der Waals surface area contributed by atoms with Crippen molar-refractivity contribution in [3.63, 3.8) is 0 Å². The largest absolute Gasteiger partial charge is 0.351 e. The van der Waals surface area contributed by atoms with Gasteiger partial charge in [-0.2, -0.15) is 0 Å². The van der Waals surface area contributed by atoms with Gasteiger partial charge in [-0.1, -0.05) is 12.8 Å². The second kappa shape index (κ2) is 5.31. The molecular weight excluding hydrogens is 210 g/mol. The zero-order valence-electron chi connectivity index (χ0n) is 8.77. The van der Waals surface area contributed by atoms with Crippen LogP contribution in [0.3, 0.4) is 0 Å². The fourth-order valence-electron chi connectivity index (χ4n) is 2.08. The minimum Gasteiger partial charge on any atom is -0.351 e. The van der Waals surface area contributed by atoms with E-state index in [1.807, 2.05) is 6.20 Å². The molecule has 2 rings (SSSR count). The van der Waals surface area contributed by atoms with Crippen molar-refractivity contribution in [2.75, 3.05) is 17.3 Å². The van der Waals surface area contributed by atoms with E-state index in [0.29, 0.717) is 11.9 Å². The van der Waals surface area contributed by atoms with Gasteiger partial charge >= 0.3 is 0 Å². The predicted octanol–water partition coefficient (Wildman–Crippen LogP) is 2.46. The highest BCUT2D eigenvalue weighted by molar-refractivity contribution is 6.18. The van der Waals surface area contributed by atoms with Crippen LogP contribution in [-0.4, -0.2) is 28.4 Å². The van der Waals surface area contributed by atoms with Crippen molar-refractivity contribution in [2.24, 2.45) is 0 Å². The monoisotopic (exact) mass is 225 g/mol. The first-order valence-corrected chi connectivity index (χ1v) is 6.04. The van der Waals surface area contributed by atoms with Crippen molar-refractivity contribution < 1.29 is 0 Å². The van der Waals surface area contributed by atoms with E-state index in [9.17, 15) is 0 Å². The predicted molar refractivity (Wildman–Crippen MR) is 62.4 cm³/mol. The maximum atomic E-state index is 6.01. The van der Waals surface area contributed by atoms with Gasteiger partial charge in [0.05, 0.1) is 6.20 Å². The molecule has 1 unspecified atom stereocenters. The minimum absolute atomic E-state index is 0.422. The highest BCUT2D eigenvalue weighted by atomic mass is 35.5. The third-order valence-electron chi connectivity index (χ3n) is 2.90. The number of anilines is 1. The lowest BCUT2D eigenvalue weighted by Crippen LogP contribution is -2.36. The summed E-state index contributed by atoms with van der Waals surface area (Å²) in [4.78, 5) is 10.8. The Morgan fingerprint density at radius 1 is 1.33 bits per heavy atom. The molecule has 0 amide bonds. The summed E-state index contributed by atoms with van der Waals surface area (Å²) in [6.45, 7) is 1.05. The van der Waals surface area contributed by atoms with E-state index in [-0.39, 0.29) is 0 Å². The molecular formula is C11H16ClN3. The molecule has 0 bridgehead atoms. The standard InChI is InChI=1S/C11H16ClN3/c12-8-10-4-2-1-3-7-15(10)11-9-13-5-6-14-11/h5-6,9-10H,1-4,7-8H2. The Kier molecular flexibility index (Phi) is 3.78. The molecule has 2 heterocycles. The van der Waals surface area contributed by atoms with Crippen LogP contribution in [0.15, 0.2) is 18.6 Å². The number of aromatic nitrogens is 2.